The Morgan fingerprint density at radius 1 is 1.22 bits per heavy atom. The second-order valence-electron chi connectivity index (χ2n) is 3.31. The maximum Gasteiger partial charge on any atom is -0.0383 e. The first-order valence-corrected chi connectivity index (χ1v) is 4.38. The second kappa shape index (κ2) is 3.24. The molecule has 1 fully saturated rings. The molecule has 0 heteroatoms. The molecule has 2 atom stereocenters. The van der Waals surface area contributed by atoms with Gasteiger partial charge in [-0.3, -0.25) is 0 Å². The van der Waals surface area contributed by atoms with Crippen LogP contribution in [0.25, 0.3) is 0 Å². The Balaban J connectivity index is 1.92. The highest BCUT2D eigenvalue weighted by Crippen LogP contribution is 2.44. The summed E-state index contributed by atoms with van der Waals surface area (Å²) in [5.41, 5.74) is 0. The SMILES string of the molecule is CCCC[C@@H]1C[C@@H]1CC. The maximum absolute atomic E-state index is 2.32. The average molecular weight is 126 g/mol. The minimum absolute atomic E-state index is 1.12. The van der Waals surface area contributed by atoms with Crippen molar-refractivity contribution >= 4 is 0 Å². The summed E-state index contributed by atoms with van der Waals surface area (Å²) in [5, 5.41) is 0. The molecule has 0 spiro atoms. The molecule has 0 heterocycles. The van der Waals surface area contributed by atoms with E-state index in [1.54, 1.807) is 0 Å². The van der Waals surface area contributed by atoms with Crippen molar-refractivity contribution in [1.82, 2.24) is 0 Å². The molecule has 0 aliphatic heterocycles. The second-order valence-corrected chi connectivity index (χ2v) is 3.31. The zero-order valence-corrected chi connectivity index (χ0v) is 6.69. The topological polar surface area (TPSA) is 0 Å². The van der Waals surface area contributed by atoms with E-state index >= 15 is 0 Å². The van der Waals surface area contributed by atoms with Gasteiger partial charge in [-0.15, -0.1) is 0 Å². The van der Waals surface area contributed by atoms with Gasteiger partial charge in [-0.25, -0.2) is 0 Å². The van der Waals surface area contributed by atoms with Crippen LogP contribution in [-0.4, -0.2) is 0 Å². The minimum Gasteiger partial charge on any atom is -0.0654 e. The number of hydrogen-bond donors (Lipinski definition) is 0. The molecule has 1 aliphatic rings. The molecule has 0 saturated heterocycles. The van der Waals surface area contributed by atoms with Crippen LogP contribution >= 0.6 is 0 Å². The van der Waals surface area contributed by atoms with E-state index in [2.05, 4.69) is 13.8 Å². The summed E-state index contributed by atoms with van der Waals surface area (Å²) in [4.78, 5) is 0. The summed E-state index contributed by atoms with van der Waals surface area (Å²) in [5.74, 6) is 2.26. The van der Waals surface area contributed by atoms with Gasteiger partial charge in [0, 0.05) is 0 Å². The lowest BCUT2D eigenvalue weighted by molar-refractivity contribution is 0.594. The molecule has 0 unspecified atom stereocenters. The molecule has 0 N–H and O–H groups in total. The molecule has 0 bridgehead atoms. The summed E-state index contributed by atoms with van der Waals surface area (Å²) < 4.78 is 0. The Kier molecular flexibility index (Phi) is 2.56. The first-order chi connectivity index (χ1) is 4.38. The van der Waals surface area contributed by atoms with Crippen molar-refractivity contribution in [2.45, 2.75) is 46.0 Å². The highest BCUT2D eigenvalue weighted by Gasteiger charge is 2.33. The maximum atomic E-state index is 2.32. The lowest BCUT2D eigenvalue weighted by Gasteiger charge is -1.93. The van der Waals surface area contributed by atoms with Crippen LogP contribution in [-0.2, 0) is 0 Å². The number of rotatable bonds is 4. The third kappa shape index (κ3) is 2.00. The molecule has 54 valence electrons. The highest BCUT2D eigenvalue weighted by atomic mass is 14.4. The van der Waals surface area contributed by atoms with Crippen molar-refractivity contribution in [3.8, 4) is 0 Å². The van der Waals surface area contributed by atoms with Crippen LogP contribution in [0.15, 0.2) is 0 Å². The van der Waals surface area contributed by atoms with E-state index in [4.69, 9.17) is 0 Å². The molecular formula is C9H18. The van der Waals surface area contributed by atoms with Crippen LogP contribution < -0.4 is 0 Å². The smallest absolute Gasteiger partial charge is 0.0383 e. The van der Waals surface area contributed by atoms with E-state index in [0.717, 1.165) is 11.8 Å². The van der Waals surface area contributed by atoms with Gasteiger partial charge in [0.05, 0.1) is 0 Å². The summed E-state index contributed by atoms with van der Waals surface area (Å²) in [6.45, 7) is 4.60. The van der Waals surface area contributed by atoms with Gasteiger partial charge >= 0.3 is 0 Å². The molecule has 0 radical (unpaired) electrons. The van der Waals surface area contributed by atoms with Crippen LogP contribution in [0.5, 0.6) is 0 Å². The third-order valence-electron chi connectivity index (χ3n) is 2.52. The van der Waals surface area contributed by atoms with Crippen LogP contribution in [0.3, 0.4) is 0 Å². The van der Waals surface area contributed by atoms with Gasteiger partial charge in [0.25, 0.3) is 0 Å². The fraction of sp³-hybridized carbons (Fsp3) is 1.00. The average Bonchev–Trinajstić information content (AvgIpc) is 2.62. The lowest BCUT2D eigenvalue weighted by atomic mass is 10.1. The monoisotopic (exact) mass is 126 g/mol. The van der Waals surface area contributed by atoms with E-state index in [1.165, 1.54) is 32.1 Å². The van der Waals surface area contributed by atoms with Gasteiger partial charge in [-0.05, 0) is 18.3 Å². The zero-order valence-electron chi connectivity index (χ0n) is 6.69. The standard InChI is InChI=1S/C9H18/c1-3-5-6-9-7-8(9)4-2/h8-9H,3-7H2,1-2H3/t8-,9+/m0/s1. The van der Waals surface area contributed by atoms with Gasteiger partial charge in [0.2, 0.25) is 0 Å². The van der Waals surface area contributed by atoms with Crippen LogP contribution in [0.2, 0.25) is 0 Å². The van der Waals surface area contributed by atoms with Crippen molar-refractivity contribution in [3.05, 3.63) is 0 Å². The van der Waals surface area contributed by atoms with E-state index in [9.17, 15) is 0 Å². The van der Waals surface area contributed by atoms with Crippen LogP contribution in [0.1, 0.15) is 46.0 Å². The number of hydrogen-bond acceptors (Lipinski definition) is 0. The molecule has 0 nitrogen and oxygen atoms in total. The first-order valence-electron chi connectivity index (χ1n) is 4.38. The van der Waals surface area contributed by atoms with Crippen molar-refractivity contribution in [2.24, 2.45) is 11.8 Å². The normalized spacial score (nSPS) is 32.7. The van der Waals surface area contributed by atoms with Crippen molar-refractivity contribution in [1.29, 1.82) is 0 Å². The van der Waals surface area contributed by atoms with E-state index in [1.807, 2.05) is 0 Å². The van der Waals surface area contributed by atoms with Crippen molar-refractivity contribution in [2.75, 3.05) is 0 Å². The predicted octanol–water partition coefficient (Wildman–Crippen LogP) is 3.22. The fourth-order valence-corrected chi connectivity index (χ4v) is 1.63. The molecule has 1 rings (SSSR count). The van der Waals surface area contributed by atoms with Crippen LogP contribution in [0, 0.1) is 11.8 Å². The fourth-order valence-electron chi connectivity index (χ4n) is 1.63. The van der Waals surface area contributed by atoms with Gasteiger partial charge in [0.15, 0.2) is 0 Å². The van der Waals surface area contributed by atoms with Gasteiger partial charge in [0.1, 0.15) is 0 Å². The molecule has 0 aromatic carbocycles. The highest BCUT2D eigenvalue weighted by molar-refractivity contribution is 4.84. The van der Waals surface area contributed by atoms with E-state index in [-0.39, 0.29) is 0 Å². The zero-order chi connectivity index (χ0) is 6.69. The summed E-state index contributed by atoms with van der Waals surface area (Å²) >= 11 is 0. The molecule has 0 amide bonds. The molecule has 1 saturated carbocycles. The van der Waals surface area contributed by atoms with Gasteiger partial charge in [-0.2, -0.15) is 0 Å². The molecule has 9 heavy (non-hydrogen) atoms. The summed E-state index contributed by atoms with van der Waals surface area (Å²) in [6, 6.07) is 0. The van der Waals surface area contributed by atoms with Gasteiger partial charge < -0.3 is 0 Å². The van der Waals surface area contributed by atoms with Gasteiger partial charge in [-0.1, -0.05) is 39.5 Å². The van der Waals surface area contributed by atoms with Crippen molar-refractivity contribution in [3.63, 3.8) is 0 Å². The third-order valence-corrected chi connectivity index (χ3v) is 2.52. The Morgan fingerprint density at radius 3 is 2.44 bits per heavy atom. The van der Waals surface area contributed by atoms with E-state index in [0.29, 0.717) is 0 Å². The Labute approximate surface area is 58.7 Å². The summed E-state index contributed by atoms with van der Waals surface area (Å²) in [7, 11) is 0. The number of unbranched alkanes of at least 4 members (excludes halogenated alkanes) is 1. The van der Waals surface area contributed by atoms with Crippen molar-refractivity contribution < 1.29 is 0 Å². The molecule has 0 aromatic rings. The molecular weight excluding hydrogens is 108 g/mol. The molecule has 0 aromatic heterocycles. The Morgan fingerprint density at radius 2 is 2.00 bits per heavy atom. The minimum atomic E-state index is 1.12. The quantitative estimate of drug-likeness (QED) is 0.542. The first kappa shape index (κ1) is 7.11. The van der Waals surface area contributed by atoms with E-state index < -0.39 is 0 Å². The largest absolute Gasteiger partial charge is 0.0654 e. The Hall–Kier alpha value is 0. The predicted molar refractivity (Wildman–Crippen MR) is 41.4 cm³/mol. The lowest BCUT2D eigenvalue weighted by Crippen LogP contribution is -1.80. The summed E-state index contributed by atoms with van der Waals surface area (Å²) in [6.07, 6.45) is 7.31. The van der Waals surface area contributed by atoms with Crippen LogP contribution in [0.4, 0.5) is 0 Å². The molecule has 1 aliphatic carbocycles. The Bertz CT molecular complexity index is 76.1.